The minimum atomic E-state index is 0.683. The Labute approximate surface area is 90.7 Å². The van der Waals surface area contributed by atoms with Crippen molar-refractivity contribution in [1.82, 2.24) is 15.2 Å². The molecule has 0 aromatic carbocycles. The Morgan fingerprint density at radius 1 is 1.53 bits per heavy atom. The summed E-state index contributed by atoms with van der Waals surface area (Å²) in [5, 5.41) is 3.38. The first kappa shape index (κ1) is 10.6. The molecule has 0 aliphatic carbocycles. The van der Waals surface area contributed by atoms with Gasteiger partial charge in [0.15, 0.2) is 6.39 Å². The Balaban J connectivity index is 1.91. The molecule has 1 aliphatic heterocycles. The number of aryl methyl sites for hydroxylation is 1. The molecule has 84 valence electrons. The van der Waals surface area contributed by atoms with Gasteiger partial charge in [-0.15, -0.1) is 0 Å². The Kier molecular flexibility index (Phi) is 3.38. The van der Waals surface area contributed by atoms with E-state index in [9.17, 15) is 0 Å². The van der Waals surface area contributed by atoms with Gasteiger partial charge in [-0.05, 0) is 39.9 Å². The molecule has 0 bridgehead atoms. The zero-order chi connectivity index (χ0) is 10.7. The molecule has 0 atom stereocenters. The maximum Gasteiger partial charge on any atom is 0.181 e. The summed E-state index contributed by atoms with van der Waals surface area (Å²) in [6, 6.07) is 0.683. The molecule has 1 aromatic rings. The predicted molar refractivity (Wildman–Crippen MR) is 58.6 cm³/mol. The third-order valence-corrected chi connectivity index (χ3v) is 3.18. The minimum absolute atomic E-state index is 0.683. The molecule has 1 saturated heterocycles. The topological polar surface area (TPSA) is 41.3 Å². The van der Waals surface area contributed by atoms with Crippen LogP contribution in [0.4, 0.5) is 0 Å². The van der Waals surface area contributed by atoms with E-state index in [-0.39, 0.29) is 0 Å². The van der Waals surface area contributed by atoms with Crippen LogP contribution in [0.2, 0.25) is 0 Å². The van der Waals surface area contributed by atoms with Gasteiger partial charge in [-0.25, -0.2) is 4.98 Å². The van der Waals surface area contributed by atoms with Gasteiger partial charge in [0.2, 0.25) is 0 Å². The van der Waals surface area contributed by atoms with Crippen LogP contribution in [-0.4, -0.2) is 36.1 Å². The molecule has 1 aliphatic rings. The molecule has 0 radical (unpaired) electrons. The van der Waals surface area contributed by atoms with Crippen molar-refractivity contribution in [3.8, 4) is 0 Å². The number of nitrogens with zero attached hydrogens (tertiary/aromatic N) is 2. The molecule has 4 nitrogen and oxygen atoms in total. The van der Waals surface area contributed by atoms with Gasteiger partial charge < -0.3 is 9.73 Å². The van der Waals surface area contributed by atoms with E-state index in [1.54, 1.807) is 0 Å². The van der Waals surface area contributed by atoms with Crippen LogP contribution in [0.15, 0.2) is 10.8 Å². The smallest absolute Gasteiger partial charge is 0.181 e. The SMILES string of the molecule is Cc1ocnc1CN(C)C1CCNCC1. The maximum atomic E-state index is 5.20. The van der Waals surface area contributed by atoms with E-state index in [2.05, 4.69) is 22.2 Å². The second kappa shape index (κ2) is 4.77. The Morgan fingerprint density at radius 3 is 2.87 bits per heavy atom. The molecular weight excluding hydrogens is 190 g/mol. The summed E-state index contributed by atoms with van der Waals surface area (Å²) in [6.45, 7) is 5.13. The molecule has 15 heavy (non-hydrogen) atoms. The van der Waals surface area contributed by atoms with Crippen LogP contribution < -0.4 is 5.32 Å². The maximum absolute atomic E-state index is 5.20. The quantitative estimate of drug-likeness (QED) is 0.811. The van der Waals surface area contributed by atoms with Crippen molar-refractivity contribution in [2.24, 2.45) is 0 Å². The third-order valence-electron chi connectivity index (χ3n) is 3.18. The summed E-state index contributed by atoms with van der Waals surface area (Å²) in [4.78, 5) is 6.61. The lowest BCUT2D eigenvalue weighted by Gasteiger charge is -2.31. The second-order valence-corrected chi connectivity index (χ2v) is 4.25. The van der Waals surface area contributed by atoms with Crippen LogP contribution in [0, 0.1) is 6.92 Å². The van der Waals surface area contributed by atoms with E-state index >= 15 is 0 Å². The van der Waals surface area contributed by atoms with E-state index in [1.165, 1.54) is 19.2 Å². The lowest BCUT2D eigenvalue weighted by atomic mass is 10.1. The highest BCUT2D eigenvalue weighted by Gasteiger charge is 2.19. The highest BCUT2D eigenvalue weighted by Crippen LogP contribution is 2.14. The molecular formula is C11H19N3O. The van der Waals surface area contributed by atoms with Crippen molar-refractivity contribution in [1.29, 1.82) is 0 Å². The monoisotopic (exact) mass is 209 g/mol. The van der Waals surface area contributed by atoms with Gasteiger partial charge in [-0.3, -0.25) is 4.90 Å². The summed E-state index contributed by atoms with van der Waals surface area (Å²) in [7, 11) is 2.17. The Morgan fingerprint density at radius 2 is 2.27 bits per heavy atom. The van der Waals surface area contributed by atoms with E-state index in [4.69, 9.17) is 4.42 Å². The average molecular weight is 209 g/mol. The van der Waals surface area contributed by atoms with Gasteiger partial charge in [0.25, 0.3) is 0 Å². The number of rotatable bonds is 3. The van der Waals surface area contributed by atoms with E-state index in [0.717, 1.165) is 31.1 Å². The molecule has 2 heterocycles. The summed E-state index contributed by atoms with van der Waals surface area (Å²) >= 11 is 0. The van der Waals surface area contributed by atoms with Crippen molar-refractivity contribution in [3.63, 3.8) is 0 Å². The van der Waals surface area contributed by atoms with Gasteiger partial charge in [0.1, 0.15) is 5.76 Å². The van der Waals surface area contributed by atoms with Crippen LogP contribution in [0.1, 0.15) is 24.3 Å². The summed E-state index contributed by atoms with van der Waals surface area (Å²) in [6.07, 6.45) is 3.99. The fourth-order valence-electron chi connectivity index (χ4n) is 2.09. The van der Waals surface area contributed by atoms with Gasteiger partial charge in [0.05, 0.1) is 5.69 Å². The Bertz CT molecular complexity index is 305. The van der Waals surface area contributed by atoms with Crippen LogP contribution in [-0.2, 0) is 6.54 Å². The molecule has 2 rings (SSSR count). The fraction of sp³-hybridized carbons (Fsp3) is 0.727. The van der Waals surface area contributed by atoms with Gasteiger partial charge in [0, 0.05) is 12.6 Å². The van der Waals surface area contributed by atoms with Gasteiger partial charge in [-0.1, -0.05) is 0 Å². The van der Waals surface area contributed by atoms with Crippen LogP contribution >= 0.6 is 0 Å². The average Bonchev–Trinajstić information content (AvgIpc) is 2.66. The fourth-order valence-corrected chi connectivity index (χ4v) is 2.09. The third kappa shape index (κ3) is 2.58. The van der Waals surface area contributed by atoms with Crippen molar-refractivity contribution in [3.05, 3.63) is 17.8 Å². The van der Waals surface area contributed by atoms with E-state index in [1.807, 2.05) is 6.92 Å². The van der Waals surface area contributed by atoms with Crippen molar-refractivity contribution in [2.45, 2.75) is 32.4 Å². The number of aromatic nitrogens is 1. The summed E-state index contributed by atoms with van der Waals surface area (Å²) < 4.78 is 5.20. The second-order valence-electron chi connectivity index (χ2n) is 4.25. The lowest BCUT2D eigenvalue weighted by Crippen LogP contribution is -2.40. The Hall–Kier alpha value is -0.870. The number of nitrogens with one attached hydrogen (secondary N) is 1. The van der Waals surface area contributed by atoms with Crippen molar-refractivity contribution in [2.75, 3.05) is 20.1 Å². The standard InChI is InChI=1S/C11H19N3O/c1-9-11(13-8-15-9)7-14(2)10-3-5-12-6-4-10/h8,10,12H,3-7H2,1-2H3. The van der Waals surface area contributed by atoms with E-state index in [0.29, 0.717) is 6.04 Å². The highest BCUT2D eigenvalue weighted by atomic mass is 16.3. The minimum Gasteiger partial charge on any atom is -0.448 e. The summed E-state index contributed by atoms with van der Waals surface area (Å²) in [5.41, 5.74) is 1.07. The number of piperidine rings is 1. The molecule has 0 unspecified atom stereocenters. The molecule has 1 N–H and O–H groups in total. The zero-order valence-electron chi connectivity index (χ0n) is 9.49. The molecule has 0 spiro atoms. The molecule has 4 heteroatoms. The normalized spacial score (nSPS) is 18.6. The van der Waals surface area contributed by atoms with Crippen LogP contribution in [0.5, 0.6) is 0 Å². The van der Waals surface area contributed by atoms with Gasteiger partial charge >= 0.3 is 0 Å². The number of hydrogen-bond acceptors (Lipinski definition) is 4. The van der Waals surface area contributed by atoms with Crippen LogP contribution in [0.25, 0.3) is 0 Å². The first-order valence-electron chi connectivity index (χ1n) is 5.57. The number of hydrogen-bond donors (Lipinski definition) is 1. The summed E-state index contributed by atoms with van der Waals surface area (Å²) in [5.74, 6) is 0.941. The molecule has 0 saturated carbocycles. The number of oxazole rings is 1. The predicted octanol–water partition coefficient (Wildman–Crippen LogP) is 1.17. The van der Waals surface area contributed by atoms with Gasteiger partial charge in [-0.2, -0.15) is 0 Å². The highest BCUT2D eigenvalue weighted by molar-refractivity contribution is 5.04. The first-order valence-corrected chi connectivity index (χ1v) is 5.57. The zero-order valence-corrected chi connectivity index (χ0v) is 9.49. The molecule has 0 amide bonds. The van der Waals surface area contributed by atoms with Crippen LogP contribution in [0.3, 0.4) is 0 Å². The lowest BCUT2D eigenvalue weighted by molar-refractivity contribution is 0.189. The molecule has 1 aromatic heterocycles. The van der Waals surface area contributed by atoms with E-state index < -0.39 is 0 Å². The first-order chi connectivity index (χ1) is 7.27. The van der Waals surface area contributed by atoms with Crippen molar-refractivity contribution >= 4 is 0 Å². The molecule has 1 fully saturated rings. The largest absolute Gasteiger partial charge is 0.448 e. The van der Waals surface area contributed by atoms with Crippen molar-refractivity contribution < 1.29 is 4.42 Å².